The second-order valence-electron chi connectivity index (χ2n) is 9.54. The van der Waals surface area contributed by atoms with Crippen molar-refractivity contribution in [3.8, 4) is 0 Å². The molecule has 0 radical (unpaired) electrons. The second-order valence-corrected chi connectivity index (χ2v) is 9.54. The Morgan fingerprint density at radius 1 is 0.762 bits per heavy atom. The highest BCUT2D eigenvalue weighted by molar-refractivity contribution is 5.87. The van der Waals surface area contributed by atoms with E-state index < -0.39 is 18.0 Å². The number of hydrogen-bond acceptors (Lipinski definition) is 13. The van der Waals surface area contributed by atoms with Gasteiger partial charge in [0.15, 0.2) is 0 Å². The van der Waals surface area contributed by atoms with Crippen LogP contribution < -0.4 is 0 Å². The Morgan fingerprint density at radius 3 is 1.71 bits per heavy atom. The van der Waals surface area contributed by atoms with Crippen molar-refractivity contribution in [2.75, 3.05) is 93.3 Å². The Labute approximate surface area is 246 Å². The minimum atomic E-state index is -0.485. The molecule has 3 heterocycles. The maximum Gasteiger partial charge on any atom is 0.356 e. The SMILES string of the molecule is COC(=O)c1cccc(CN2CCOCCOCCN(Cc3cccc(C(=O)OC)n3)CCO[C@@H](CO)COCC2)n1. The molecule has 2 aromatic heterocycles. The van der Waals surface area contributed by atoms with Gasteiger partial charge in [-0.2, -0.15) is 0 Å². The summed E-state index contributed by atoms with van der Waals surface area (Å²) >= 11 is 0. The van der Waals surface area contributed by atoms with Crippen molar-refractivity contribution >= 4 is 11.9 Å². The first-order chi connectivity index (χ1) is 20.5. The van der Waals surface area contributed by atoms with Crippen LogP contribution in [-0.2, 0) is 41.5 Å². The van der Waals surface area contributed by atoms with Crippen LogP contribution in [0.25, 0.3) is 0 Å². The molecule has 13 heteroatoms. The Balaban J connectivity index is 1.56. The Hall–Kier alpha value is -3.04. The van der Waals surface area contributed by atoms with Gasteiger partial charge in [0.05, 0.1) is 78.5 Å². The molecule has 42 heavy (non-hydrogen) atoms. The molecule has 0 aromatic carbocycles. The van der Waals surface area contributed by atoms with Gasteiger partial charge in [0, 0.05) is 39.3 Å². The predicted octanol–water partition coefficient (Wildman–Crippen LogP) is 0.795. The van der Waals surface area contributed by atoms with Crippen LogP contribution in [0.15, 0.2) is 36.4 Å². The van der Waals surface area contributed by atoms with E-state index in [-0.39, 0.29) is 24.6 Å². The number of pyridine rings is 2. The van der Waals surface area contributed by atoms with Gasteiger partial charge < -0.3 is 33.5 Å². The van der Waals surface area contributed by atoms with Crippen molar-refractivity contribution in [2.24, 2.45) is 0 Å². The molecule has 0 saturated carbocycles. The lowest BCUT2D eigenvalue weighted by molar-refractivity contribution is -0.0535. The lowest BCUT2D eigenvalue weighted by atomic mass is 10.2. The highest BCUT2D eigenvalue weighted by Crippen LogP contribution is 2.08. The molecule has 13 nitrogen and oxygen atoms in total. The molecule has 1 N–H and O–H groups in total. The number of nitrogens with zero attached hydrogens (tertiary/aromatic N) is 4. The van der Waals surface area contributed by atoms with Gasteiger partial charge in [-0.3, -0.25) is 9.80 Å². The topological polar surface area (TPSA) is 142 Å². The molecule has 1 saturated heterocycles. The van der Waals surface area contributed by atoms with E-state index in [0.29, 0.717) is 78.9 Å². The fourth-order valence-electron chi connectivity index (χ4n) is 4.19. The third kappa shape index (κ3) is 12.1. The third-order valence-electron chi connectivity index (χ3n) is 6.47. The smallest absolute Gasteiger partial charge is 0.356 e. The highest BCUT2D eigenvalue weighted by atomic mass is 16.5. The molecule has 0 amide bonds. The lowest BCUT2D eigenvalue weighted by Gasteiger charge is -2.25. The molecule has 3 rings (SSSR count). The van der Waals surface area contributed by atoms with Crippen LogP contribution >= 0.6 is 0 Å². The Kier molecular flexibility index (Phi) is 15.3. The van der Waals surface area contributed by atoms with Crippen LogP contribution in [0.1, 0.15) is 32.4 Å². The predicted molar refractivity (Wildman–Crippen MR) is 151 cm³/mol. The Bertz CT molecular complexity index is 1090. The average Bonchev–Trinajstić information content (AvgIpc) is 3.02. The van der Waals surface area contributed by atoms with Crippen LogP contribution in [0, 0.1) is 0 Å². The van der Waals surface area contributed by atoms with E-state index in [4.69, 9.17) is 28.4 Å². The zero-order valence-electron chi connectivity index (χ0n) is 24.4. The molecular weight excluding hydrogens is 548 g/mol. The van der Waals surface area contributed by atoms with E-state index in [1.807, 2.05) is 12.1 Å². The number of esters is 2. The summed E-state index contributed by atoms with van der Waals surface area (Å²) in [6.07, 6.45) is -0.474. The molecule has 0 spiro atoms. The van der Waals surface area contributed by atoms with E-state index in [2.05, 4.69) is 19.8 Å². The zero-order chi connectivity index (χ0) is 30.0. The summed E-state index contributed by atoms with van der Waals surface area (Å²) in [4.78, 5) is 36.8. The number of methoxy groups -OCH3 is 2. The van der Waals surface area contributed by atoms with Gasteiger partial charge in [-0.25, -0.2) is 19.6 Å². The zero-order valence-corrected chi connectivity index (χ0v) is 24.4. The summed E-state index contributed by atoms with van der Waals surface area (Å²) < 4.78 is 32.9. The maximum atomic E-state index is 11.9. The molecule has 1 aliphatic heterocycles. The highest BCUT2D eigenvalue weighted by Gasteiger charge is 2.15. The summed E-state index contributed by atoms with van der Waals surface area (Å²) in [5.74, 6) is -0.965. The molecule has 0 unspecified atom stereocenters. The minimum absolute atomic E-state index is 0.173. The van der Waals surface area contributed by atoms with Crippen LogP contribution in [0.4, 0.5) is 0 Å². The van der Waals surface area contributed by atoms with Crippen molar-refractivity contribution in [2.45, 2.75) is 19.2 Å². The number of aliphatic hydroxyl groups excluding tert-OH is 1. The molecule has 2 aromatic rings. The van der Waals surface area contributed by atoms with Gasteiger partial charge in [-0.15, -0.1) is 0 Å². The number of aromatic nitrogens is 2. The monoisotopic (exact) mass is 590 g/mol. The molecule has 1 fully saturated rings. The number of rotatable bonds is 7. The maximum absolute atomic E-state index is 11.9. The van der Waals surface area contributed by atoms with Gasteiger partial charge in [0.1, 0.15) is 17.5 Å². The van der Waals surface area contributed by atoms with Gasteiger partial charge in [-0.05, 0) is 24.3 Å². The van der Waals surface area contributed by atoms with E-state index in [1.54, 1.807) is 24.3 Å². The third-order valence-corrected chi connectivity index (χ3v) is 6.47. The number of carbonyl (C=O) groups is 2. The molecule has 0 bridgehead atoms. The van der Waals surface area contributed by atoms with Crippen molar-refractivity contribution in [1.82, 2.24) is 19.8 Å². The van der Waals surface area contributed by atoms with E-state index in [1.165, 1.54) is 14.2 Å². The van der Waals surface area contributed by atoms with Crippen molar-refractivity contribution in [3.63, 3.8) is 0 Å². The molecular formula is C29H42N4O9. The fraction of sp³-hybridized carbons (Fsp3) is 0.586. The Morgan fingerprint density at radius 2 is 1.24 bits per heavy atom. The first-order valence-electron chi connectivity index (χ1n) is 14.0. The summed E-state index contributed by atoms with van der Waals surface area (Å²) in [6.45, 7) is 6.06. The average molecular weight is 591 g/mol. The van der Waals surface area contributed by atoms with Crippen LogP contribution in [0.5, 0.6) is 0 Å². The normalized spacial score (nSPS) is 19.4. The number of ether oxygens (including phenoxy) is 6. The van der Waals surface area contributed by atoms with Crippen molar-refractivity contribution in [3.05, 3.63) is 59.2 Å². The number of carbonyl (C=O) groups excluding carboxylic acids is 2. The van der Waals surface area contributed by atoms with E-state index >= 15 is 0 Å². The summed E-state index contributed by atoms with van der Waals surface area (Å²) in [5.41, 5.74) is 1.97. The van der Waals surface area contributed by atoms with Gasteiger partial charge in [0.25, 0.3) is 0 Å². The van der Waals surface area contributed by atoms with Crippen LogP contribution in [0.2, 0.25) is 0 Å². The lowest BCUT2D eigenvalue weighted by Crippen LogP contribution is -2.35. The fourth-order valence-corrected chi connectivity index (χ4v) is 4.19. The summed E-state index contributed by atoms with van der Waals surface area (Å²) in [6, 6.07) is 10.5. The number of hydrogen-bond donors (Lipinski definition) is 1. The van der Waals surface area contributed by atoms with Crippen molar-refractivity contribution < 1.29 is 43.1 Å². The van der Waals surface area contributed by atoms with E-state index in [9.17, 15) is 14.7 Å². The second kappa shape index (κ2) is 19.2. The molecule has 0 aliphatic carbocycles. The van der Waals surface area contributed by atoms with Crippen molar-refractivity contribution in [1.29, 1.82) is 0 Å². The molecule has 232 valence electrons. The van der Waals surface area contributed by atoms with Crippen LogP contribution in [0.3, 0.4) is 0 Å². The largest absolute Gasteiger partial charge is 0.464 e. The standard InChI is InChI=1S/C29H42N4O9/c1-37-28(35)26-7-3-5-23(30-26)19-32-9-13-39-17-18-40-14-10-33(12-16-42-25(21-34)22-41-15-11-32)20-24-6-4-8-27(31-24)29(36)38-2/h3-8,25,34H,9-22H2,1-2H3/t25-/m0/s1. The summed E-state index contributed by atoms with van der Waals surface area (Å²) in [7, 11) is 2.65. The minimum Gasteiger partial charge on any atom is -0.464 e. The van der Waals surface area contributed by atoms with Crippen LogP contribution in [-0.4, -0.2) is 136 Å². The molecule has 1 aliphatic rings. The van der Waals surface area contributed by atoms with Gasteiger partial charge in [-0.1, -0.05) is 12.1 Å². The quantitative estimate of drug-likeness (QED) is 0.455. The van der Waals surface area contributed by atoms with Gasteiger partial charge in [0.2, 0.25) is 0 Å². The number of aliphatic hydroxyl groups is 1. The first kappa shape index (κ1) is 33.5. The summed E-state index contributed by atoms with van der Waals surface area (Å²) in [5, 5.41) is 9.83. The molecule has 1 atom stereocenters. The van der Waals surface area contributed by atoms with E-state index in [0.717, 1.165) is 11.4 Å². The van der Waals surface area contributed by atoms with Gasteiger partial charge >= 0.3 is 11.9 Å². The first-order valence-corrected chi connectivity index (χ1v) is 14.0.